The molecule has 0 saturated carbocycles. The first-order chi connectivity index (χ1) is 8.66. The molecule has 0 aromatic heterocycles. The molecule has 0 unspecified atom stereocenters. The summed E-state index contributed by atoms with van der Waals surface area (Å²) in [6.45, 7) is 2.05. The van der Waals surface area contributed by atoms with E-state index in [0.717, 1.165) is 11.1 Å². The molecule has 3 nitrogen and oxygen atoms in total. The SMILES string of the molecule is Cc1ccccc1/C=C/c1ccc([N+](=O)[O-])cc1. The van der Waals surface area contributed by atoms with Crippen LogP contribution < -0.4 is 0 Å². The smallest absolute Gasteiger partial charge is 0.258 e. The van der Waals surface area contributed by atoms with Gasteiger partial charge in [0.1, 0.15) is 0 Å². The lowest BCUT2D eigenvalue weighted by molar-refractivity contribution is -0.384. The number of nitro groups is 1. The molecule has 0 radical (unpaired) electrons. The normalized spacial score (nSPS) is 10.7. The van der Waals surface area contributed by atoms with Crippen LogP contribution in [0.2, 0.25) is 0 Å². The van der Waals surface area contributed by atoms with Crippen LogP contribution in [0.15, 0.2) is 48.5 Å². The van der Waals surface area contributed by atoms with Crippen molar-refractivity contribution in [3.05, 3.63) is 75.3 Å². The molecule has 0 heterocycles. The molecule has 2 aromatic rings. The molecular weight excluding hydrogens is 226 g/mol. The molecule has 3 heteroatoms. The van der Waals surface area contributed by atoms with E-state index in [-0.39, 0.29) is 5.69 Å². The van der Waals surface area contributed by atoms with Crippen LogP contribution in [0.4, 0.5) is 5.69 Å². The van der Waals surface area contributed by atoms with Crippen molar-refractivity contribution in [2.24, 2.45) is 0 Å². The molecular formula is C15H13NO2. The highest BCUT2D eigenvalue weighted by Gasteiger charge is 2.02. The first-order valence-electron chi connectivity index (χ1n) is 5.65. The van der Waals surface area contributed by atoms with Crippen LogP contribution in [0.1, 0.15) is 16.7 Å². The van der Waals surface area contributed by atoms with Crippen molar-refractivity contribution < 1.29 is 4.92 Å². The second-order valence-corrected chi connectivity index (χ2v) is 4.04. The molecule has 0 atom stereocenters. The van der Waals surface area contributed by atoms with Crippen molar-refractivity contribution in [2.75, 3.05) is 0 Å². The van der Waals surface area contributed by atoms with Gasteiger partial charge in [-0.25, -0.2) is 0 Å². The van der Waals surface area contributed by atoms with Gasteiger partial charge in [0.05, 0.1) is 4.92 Å². The maximum Gasteiger partial charge on any atom is 0.269 e. The van der Waals surface area contributed by atoms with E-state index < -0.39 is 4.92 Å². The maximum atomic E-state index is 10.5. The molecule has 0 aliphatic carbocycles. The van der Waals surface area contributed by atoms with Crippen LogP contribution in [0.5, 0.6) is 0 Å². The Labute approximate surface area is 106 Å². The highest BCUT2D eigenvalue weighted by Crippen LogP contribution is 2.15. The van der Waals surface area contributed by atoms with Crippen molar-refractivity contribution in [2.45, 2.75) is 6.92 Å². The van der Waals surface area contributed by atoms with Gasteiger partial charge in [0.25, 0.3) is 5.69 Å². The van der Waals surface area contributed by atoms with Gasteiger partial charge in [-0.3, -0.25) is 10.1 Å². The Morgan fingerprint density at radius 3 is 2.28 bits per heavy atom. The van der Waals surface area contributed by atoms with E-state index in [2.05, 4.69) is 13.0 Å². The Bertz CT molecular complexity index is 586. The van der Waals surface area contributed by atoms with Gasteiger partial charge < -0.3 is 0 Å². The second-order valence-electron chi connectivity index (χ2n) is 4.04. The lowest BCUT2D eigenvalue weighted by atomic mass is 10.1. The van der Waals surface area contributed by atoms with Crippen LogP contribution in [0.25, 0.3) is 12.2 Å². The standard InChI is InChI=1S/C15H13NO2/c1-12-4-2-3-5-14(12)9-6-13-7-10-15(11-8-13)16(17)18/h2-11H,1H3/b9-6+. The molecule has 18 heavy (non-hydrogen) atoms. The summed E-state index contributed by atoms with van der Waals surface area (Å²) in [7, 11) is 0. The van der Waals surface area contributed by atoms with Gasteiger partial charge in [-0.1, -0.05) is 36.4 Å². The highest BCUT2D eigenvalue weighted by atomic mass is 16.6. The molecule has 90 valence electrons. The van der Waals surface area contributed by atoms with Gasteiger partial charge >= 0.3 is 0 Å². The van der Waals surface area contributed by atoms with Gasteiger partial charge in [0, 0.05) is 12.1 Å². The number of rotatable bonds is 3. The van der Waals surface area contributed by atoms with Gasteiger partial charge in [0.15, 0.2) is 0 Å². The Kier molecular flexibility index (Phi) is 3.53. The molecule has 2 rings (SSSR count). The zero-order valence-corrected chi connectivity index (χ0v) is 10.0. The molecule has 2 aromatic carbocycles. The lowest BCUT2D eigenvalue weighted by Gasteiger charge is -1.98. The molecule has 0 bridgehead atoms. The fourth-order valence-corrected chi connectivity index (χ4v) is 1.67. The van der Waals surface area contributed by atoms with Crippen molar-refractivity contribution >= 4 is 17.8 Å². The largest absolute Gasteiger partial charge is 0.269 e. The Morgan fingerprint density at radius 1 is 1.00 bits per heavy atom. The van der Waals surface area contributed by atoms with Crippen LogP contribution in [0, 0.1) is 17.0 Å². The number of benzene rings is 2. The molecule has 0 spiro atoms. The Morgan fingerprint density at radius 2 is 1.67 bits per heavy atom. The van der Waals surface area contributed by atoms with Crippen LogP contribution in [0.3, 0.4) is 0 Å². The topological polar surface area (TPSA) is 43.1 Å². The highest BCUT2D eigenvalue weighted by molar-refractivity contribution is 5.71. The van der Waals surface area contributed by atoms with Crippen molar-refractivity contribution in [3.63, 3.8) is 0 Å². The monoisotopic (exact) mass is 239 g/mol. The number of aryl methyl sites for hydroxylation is 1. The van der Waals surface area contributed by atoms with E-state index in [0.29, 0.717) is 0 Å². The minimum absolute atomic E-state index is 0.114. The Balaban J connectivity index is 2.19. The van der Waals surface area contributed by atoms with E-state index in [1.54, 1.807) is 12.1 Å². The molecule has 0 amide bonds. The number of hydrogen-bond acceptors (Lipinski definition) is 2. The number of hydrogen-bond donors (Lipinski definition) is 0. The summed E-state index contributed by atoms with van der Waals surface area (Å²) in [6.07, 6.45) is 3.96. The molecule has 0 saturated heterocycles. The number of non-ortho nitro benzene ring substituents is 1. The van der Waals surface area contributed by atoms with Crippen molar-refractivity contribution in [1.82, 2.24) is 0 Å². The molecule has 0 aliphatic heterocycles. The summed E-state index contributed by atoms with van der Waals surface area (Å²) < 4.78 is 0. The maximum absolute atomic E-state index is 10.5. The van der Waals surface area contributed by atoms with Gasteiger partial charge in [-0.05, 0) is 35.7 Å². The third kappa shape index (κ3) is 2.83. The van der Waals surface area contributed by atoms with Gasteiger partial charge in [-0.15, -0.1) is 0 Å². The van der Waals surface area contributed by atoms with E-state index in [4.69, 9.17) is 0 Å². The summed E-state index contributed by atoms with van der Waals surface area (Å²) in [5.41, 5.74) is 3.42. The van der Waals surface area contributed by atoms with E-state index in [9.17, 15) is 10.1 Å². The summed E-state index contributed by atoms with van der Waals surface area (Å²) in [5.74, 6) is 0. The average Bonchev–Trinajstić information content (AvgIpc) is 2.38. The predicted octanol–water partition coefficient (Wildman–Crippen LogP) is 4.07. The fraction of sp³-hybridized carbons (Fsp3) is 0.0667. The van der Waals surface area contributed by atoms with Crippen LogP contribution in [-0.4, -0.2) is 4.92 Å². The first-order valence-corrected chi connectivity index (χ1v) is 5.65. The summed E-state index contributed by atoms with van der Waals surface area (Å²) in [6, 6.07) is 14.6. The van der Waals surface area contributed by atoms with E-state index in [1.165, 1.54) is 17.7 Å². The van der Waals surface area contributed by atoms with E-state index in [1.807, 2.05) is 30.4 Å². The minimum atomic E-state index is -0.394. The average molecular weight is 239 g/mol. The fourth-order valence-electron chi connectivity index (χ4n) is 1.67. The van der Waals surface area contributed by atoms with Crippen LogP contribution >= 0.6 is 0 Å². The zero-order valence-electron chi connectivity index (χ0n) is 10.0. The van der Waals surface area contributed by atoms with E-state index >= 15 is 0 Å². The van der Waals surface area contributed by atoms with Crippen molar-refractivity contribution in [3.8, 4) is 0 Å². The minimum Gasteiger partial charge on any atom is -0.258 e. The third-order valence-electron chi connectivity index (χ3n) is 2.75. The number of nitro benzene ring substituents is 1. The lowest BCUT2D eigenvalue weighted by Crippen LogP contribution is -1.86. The first kappa shape index (κ1) is 12.0. The number of nitrogens with zero attached hydrogens (tertiary/aromatic N) is 1. The molecule has 0 N–H and O–H groups in total. The second kappa shape index (κ2) is 5.27. The summed E-state index contributed by atoms with van der Waals surface area (Å²) in [5, 5.41) is 10.5. The Hall–Kier alpha value is -2.42. The molecule has 0 aliphatic rings. The van der Waals surface area contributed by atoms with Gasteiger partial charge in [0.2, 0.25) is 0 Å². The quantitative estimate of drug-likeness (QED) is 0.460. The van der Waals surface area contributed by atoms with Crippen LogP contribution in [-0.2, 0) is 0 Å². The van der Waals surface area contributed by atoms with Crippen molar-refractivity contribution in [1.29, 1.82) is 0 Å². The summed E-state index contributed by atoms with van der Waals surface area (Å²) >= 11 is 0. The zero-order chi connectivity index (χ0) is 13.0. The summed E-state index contributed by atoms with van der Waals surface area (Å²) in [4.78, 5) is 10.1. The van der Waals surface area contributed by atoms with Gasteiger partial charge in [-0.2, -0.15) is 0 Å². The molecule has 0 fully saturated rings. The third-order valence-corrected chi connectivity index (χ3v) is 2.75. The predicted molar refractivity (Wildman–Crippen MR) is 73.2 cm³/mol.